The molecule has 0 aliphatic heterocycles. The van der Waals surface area contributed by atoms with Gasteiger partial charge in [0.1, 0.15) is 0 Å². The van der Waals surface area contributed by atoms with E-state index in [0.29, 0.717) is 0 Å². The highest BCUT2D eigenvalue weighted by atomic mass is 79.9. The number of allylic oxidation sites excluding steroid dienone is 1. The monoisotopic (exact) mass is 291 g/mol. The summed E-state index contributed by atoms with van der Waals surface area (Å²) in [6, 6.07) is 0. The Balaban J connectivity index is 3.67. The molecule has 0 bridgehead atoms. The third-order valence-corrected chi connectivity index (χ3v) is 1.10. The molecule has 2 N–H and O–H groups in total. The maximum Gasteiger partial charge on any atom is 0.409 e. The molecule has 10 heavy (non-hydrogen) atoms. The molecule has 3 nitrogen and oxygen atoms in total. The van der Waals surface area contributed by atoms with E-state index in [1.165, 1.54) is 6.08 Å². The van der Waals surface area contributed by atoms with Crippen LogP contribution in [0.4, 0.5) is 4.79 Å². The molecule has 0 aromatic heterocycles. The van der Waals surface area contributed by atoms with Gasteiger partial charge in [0, 0.05) is 0 Å². The number of carbonyl (C=O) groups excluding carboxylic acids is 1. The number of primary amides is 1. The van der Waals surface area contributed by atoms with Crippen molar-refractivity contribution in [2.75, 3.05) is 0 Å². The van der Waals surface area contributed by atoms with Gasteiger partial charge in [0.05, 0.1) is 6.26 Å². The molecule has 1 amide bonds. The van der Waals surface area contributed by atoms with E-state index in [-0.39, 0.29) is 0 Å². The molecule has 6 heteroatoms. The molecule has 0 saturated heterocycles. The minimum atomic E-state index is -0.880. The Hall–Kier alpha value is 0.260. The molecule has 0 unspecified atom stereocenters. The fraction of sp³-hybridized carbons (Fsp3) is 0.250. The van der Waals surface area contributed by atoms with E-state index < -0.39 is 8.79 Å². The largest absolute Gasteiger partial charge is 0.419 e. The summed E-state index contributed by atoms with van der Waals surface area (Å²) in [7, 11) is 0. The summed E-state index contributed by atoms with van der Waals surface area (Å²) in [5, 5.41) is 0. The number of alkyl halides is 3. The topological polar surface area (TPSA) is 52.3 Å². The van der Waals surface area contributed by atoms with Crippen LogP contribution in [-0.4, -0.2) is 8.79 Å². The van der Waals surface area contributed by atoms with Gasteiger partial charge in [-0.1, -0.05) is 11.6 Å². The van der Waals surface area contributed by atoms with Crippen LogP contribution in [0.1, 0.15) is 0 Å². The SMILES string of the molecule is NC(=O)OC=CC(Cl)(Br)Br. The first kappa shape index (κ1) is 10.3. The third-order valence-electron chi connectivity index (χ3n) is 0.441. The van der Waals surface area contributed by atoms with Gasteiger partial charge in [-0.3, -0.25) is 0 Å². The third kappa shape index (κ3) is 8.26. The maximum absolute atomic E-state index is 9.96. The molecule has 0 aliphatic carbocycles. The van der Waals surface area contributed by atoms with Crippen molar-refractivity contribution in [3.63, 3.8) is 0 Å². The van der Waals surface area contributed by atoms with Crippen LogP contribution >= 0.6 is 43.5 Å². The van der Waals surface area contributed by atoms with Crippen molar-refractivity contribution < 1.29 is 9.53 Å². The summed E-state index contributed by atoms with van der Waals surface area (Å²) in [5.74, 6) is 0. The summed E-state index contributed by atoms with van der Waals surface area (Å²) in [6.45, 7) is 0. The molecule has 0 spiro atoms. The van der Waals surface area contributed by atoms with E-state index >= 15 is 0 Å². The number of ether oxygens (including phenoxy) is 1. The van der Waals surface area contributed by atoms with Crippen LogP contribution in [-0.2, 0) is 4.74 Å². The molecule has 0 saturated carbocycles. The van der Waals surface area contributed by atoms with Crippen molar-refractivity contribution in [3.05, 3.63) is 12.3 Å². The Morgan fingerprint density at radius 3 is 2.50 bits per heavy atom. The van der Waals surface area contributed by atoms with Crippen LogP contribution in [0.5, 0.6) is 0 Å². The Kier molecular flexibility index (Phi) is 4.31. The van der Waals surface area contributed by atoms with Gasteiger partial charge in [0.25, 0.3) is 0 Å². The van der Waals surface area contributed by atoms with E-state index in [4.69, 9.17) is 11.6 Å². The molecular weight excluding hydrogens is 289 g/mol. The fourth-order valence-electron chi connectivity index (χ4n) is 0.178. The normalized spacial score (nSPS) is 11.9. The van der Waals surface area contributed by atoms with Crippen LogP contribution in [0.15, 0.2) is 12.3 Å². The van der Waals surface area contributed by atoms with Gasteiger partial charge in [0.15, 0.2) is 2.69 Å². The van der Waals surface area contributed by atoms with Gasteiger partial charge < -0.3 is 10.5 Å². The number of rotatable bonds is 2. The van der Waals surface area contributed by atoms with Crippen LogP contribution < -0.4 is 5.73 Å². The summed E-state index contributed by atoms with van der Waals surface area (Å²) < 4.78 is 3.35. The molecule has 0 aromatic rings. The number of hydrogen-bond acceptors (Lipinski definition) is 2. The lowest BCUT2D eigenvalue weighted by Crippen LogP contribution is -2.09. The predicted molar refractivity (Wildman–Crippen MR) is 46.2 cm³/mol. The molecular formula is C4H4Br2ClNO2. The van der Waals surface area contributed by atoms with E-state index in [0.717, 1.165) is 6.26 Å². The molecule has 0 fully saturated rings. The lowest BCUT2D eigenvalue weighted by atomic mass is 10.7. The Morgan fingerprint density at radius 1 is 1.70 bits per heavy atom. The Labute approximate surface area is 79.8 Å². The van der Waals surface area contributed by atoms with Gasteiger partial charge >= 0.3 is 6.09 Å². The molecule has 58 valence electrons. The molecule has 0 radical (unpaired) electrons. The van der Waals surface area contributed by atoms with Crippen molar-refractivity contribution in [3.8, 4) is 0 Å². The van der Waals surface area contributed by atoms with Gasteiger partial charge in [-0.05, 0) is 37.9 Å². The molecule has 0 heterocycles. The first-order valence-corrected chi connectivity index (χ1v) is 4.09. The zero-order chi connectivity index (χ0) is 8.20. The second-order valence-corrected chi connectivity index (χ2v) is 6.36. The molecule has 0 atom stereocenters. The van der Waals surface area contributed by atoms with Crippen molar-refractivity contribution in [1.29, 1.82) is 0 Å². The van der Waals surface area contributed by atoms with Crippen LogP contribution in [0.3, 0.4) is 0 Å². The quantitative estimate of drug-likeness (QED) is 0.627. The Bertz CT molecular complexity index is 154. The van der Waals surface area contributed by atoms with Crippen molar-refractivity contribution in [2.45, 2.75) is 2.69 Å². The minimum Gasteiger partial charge on any atom is -0.419 e. The Morgan fingerprint density at radius 2 is 2.20 bits per heavy atom. The second kappa shape index (κ2) is 4.20. The summed E-state index contributed by atoms with van der Waals surface area (Å²) in [5.41, 5.74) is 4.64. The van der Waals surface area contributed by atoms with Crippen LogP contribution in [0.25, 0.3) is 0 Å². The number of halogens is 3. The lowest BCUT2D eigenvalue weighted by Gasteiger charge is -2.01. The average Bonchev–Trinajstić information content (AvgIpc) is 1.59. The highest BCUT2D eigenvalue weighted by Crippen LogP contribution is 2.32. The second-order valence-electron chi connectivity index (χ2n) is 1.28. The zero-order valence-electron chi connectivity index (χ0n) is 4.68. The lowest BCUT2D eigenvalue weighted by molar-refractivity contribution is 0.196. The van der Waals surface area contributed by atoms with Gasteiger partial charge in [-0.25, -0.2) is 4.79 Å². The van der Waals surface area contributed by atoms with Crippen molar-refractivity contribution in [2.24, 2.45) is 5.73 Å². The average molecular weight is 293 g/mol. The molecule has 0 rings (SSSR count). The van der Waals surface area contributed by atoms with Crippen LogP contribution in [0.2, 0.25) is 0 Å². The fourth-order valence-corrected chi connectivity index (χ4v) is 0.445. The smallest absolute Gasteiger partial charge is 0.409 e. The van der Waals surface area contributed by atoms with E-state index in [1.807, 2.05) is 0 Å². The zero-order valence-corrected chi connectivity index (χ0v) is 8.61. The number of nitrogens with two attached hydrogens (primary N) is 1. The number of hydrogen-bond donors (Lipinski definition) is 1. The van der Waals surface area contributed by atoms with Gasteiger partial charge in [-0.2, -0.15) is 0 Å². The highest BCUT2D eigenvalue weighted by molar-refractivity contribution is 9.26. The number of amides is 1. The van der Waals surface area contributed by atoms with E-state index in [2.05, 4.69) is 42.3 Å². The van der Waals surface area contributed by atoms with E-state index in [9.17, 15) is 4.79 Å². The molecule has 0 aromatic carbocycles. The van der Waals surface area contributed by atoms with Crippen molar-refractivity contribution >= 4 is 49.6 Å². The standard InChI is InChI=1S/C4H4Br2ClNO2/c5-4(6,7)1-2-10-3(8)9/h1-2H,(H2,8,9). The summed E-state index contributed by atoms with van der Waals surface area (Å²) >= 11 is 11.5. The van der Waals surface area contributed by atoms with Gasteiger partial charge in [0.2, 0.25) is 0 Å². The van der Waals surface area contributed by atoms with Gasteiger partial charge in [-0.15, -0.1) is 0 Å². The molecule has 0 aliphatic rings. The van der Waals surface area contributed by atoms with Crippen molar-refractivity contribution in [1.82, 2.24) is 0 Å². The number of carbonyl (C=O) groups is 1. The predicted octanol–water partition coefficient (Wildman–Crippen LogP) is 2.28. The first-order chi connectivity index (χ1) is 4.42. The highest BCUT2D eigenvalue weighted by Gasteiger charge is 2.12. The first-order valence-electron chi connectivity index (χ1n) is 2.12. The van der Waals surface area contributed by atoms with Crippen LogP contribution in [0, 0.1) is 0 Å². The van der Waals surface area contributed by atoms with E-state index in [1.54, 1.807) is 0 Å². The minimum absolute atomic E-state index is 0.878. The summed E-state index contributed by atoms with van der Waals surface area (Å²) in [4.78, 5) is 9.96. The summed E-state index contributed by atoms with van der Waals surface area (Å²) in [6.07, 6.45) is 1.56. The maximum atomic E-state index is 9.96.